The highest BCUT2D eigenvalue weighted by Gasteiger charge is 2.32. The molecule has 2 fully saturated rings. The van der Waals surface area contributed by atoms with Crippen LogP contribution in [0.2, 0.25) is 0 Å². The minimum Gasteiger partial charge on any atom is -0.378 e. The summed E-state index contributed by atoms with van der Waals surface area (Å²) in [5.41, 5.74) is 5.38. The van der Waals surface area contributed by atoms with E-state index in [4.69, 9.17) is 15.2 Å². The van der Waals surface area contributed by atoms with Crippen molar-refractivity contribution in [2.24, 2.45) is 5.73 Å². The number of carbonyl (C=O) groups excluding carboxylic acids is 1. The topological polar surface area (TPSA) is 73.6 Å². The van der Waals surface area contributed by atoms with Crippen molar-refractivity contribution >= 4 is 5.91 Å². The summed E-state index contributed by atoms with van der Waals surface area (Å²) in [7, 11) is 0. The Labute approximate surface area is 102 Å². The van der Waals surface area contributed by atoms with Crippen LogP contribution in [-0.4, -0.2) is 43.9 Å². The molecule has 5 heteroatoms. The van der Waals surface area contributed by atoms with Crippen LogP contribution in [0, 0.1) is 0 Å². The predicted octanol–water partition coefficient (Wildman–Crippen LogP) is 0.180. The number of amides is 1. The molecule has 2 rings (SSSR count). The minimum atomic E-state index is -0.363. The molecular formula is C12H22N2O3. The molecule has 1 saturated carbocycles. The van der Waals surface area contributed by atoms with Gasteiger partial charge in [0.25, 0.3) is 0 Å². The first-order chi connectivity index (χ1) is 8.24. The summed E-state index contributed by atoms with van der Waals surface area (Å²) < 4.78 is 11.2. The standard InChI is InChI=1S/C12H22N2O3/c13-8-12(5-1-6-16-9-12)17-7-4-11(15)14-10-2-3-10/h10H,1-9,13H2,(H,14,15). The summed E-state index contributed by atoms with van der Waals surface area (Å²) in [5, 5.41) is 2.94. The fourth-order valence-corrected chi connectivity index (χ4v) is 2.05. The minimum absolute atomic E-state index is 0.0800. The van der Waals surface area contributed by atoms with Gasteiger partial charge in [-0.25, -0.2) is 0 Å². The molecule has 17 heavy (non-hydrogen) atoms. The van der Waals surface area contributed by atoms with Gasteiger partial charge >= 0.3 is 0 Å². The van der Waals surface area contributed by atoms with Gasteiger partial charge in [-0.1, -0.05) is 0 Å². The summed E-state index contributed by atoms with van der Waals surface area (Å²) >= 11 is 0. The number of nitrogens with one attached hydrogen (secondary N) is 1. The third-order valence-electron chi connectivity index (χ3n) is 3.34. The molecule has 5 nitrogen and oxygen atoms in total. The van der Waals surface area contributed by atoms with Crippen LogP contribution >= 0.6 is 0 Å². The smallest absolute Gasteiger partial charge is 0.222 e. The molecular weight excluding hydrogens is 220 g/mol. The van der Waals surface area contributed by atoms with Crippen molar-refractivity contribution in [1.82, 2.24) is 5.32 Å². The lowest BCUT2D eigenvalue weighted by atomic mass is 9.96. The van der Waals surface area contributed by atoms with E-state index in [-0.39, 0.29) is 11.5 Å². The van der Waals surface area contributed by atoms with Gasteiger partial charge in [-0.05, 0) is 25.7 Å². The van der Waals surface area contributed by atoms with E-state index in [0.29, 0.717) is 32.2 Å². The Morgan fingerprint density at radius 3 is 2.94 bits per heavy atom. The van der Waals surface area contributed by atoms with Crippen molar-refractivity contribution in [3.63, 3.8) is 0 Å². The van der Waals surface area contributed by atoms with Gasteiger partial charge in [-0.2, -0.15) is 0 Å². The summed E-state index contributed by atoms with van der Waals surface area (Å²) in [6.45, 7) is 2.22. The molecule has 1 amide bonds. The van der Waals surface area contributed by atoms with Crippen molar-refractivity contribution in [3.05, 3.63) is 0 Å². The first-order valence-electron chi connectivity index (χ1n) is 6.45. The van der Waals surface area contributed by atoms with Crippen LogP contribution in [0.4, 0.5) is 0 Å². The molecule has 1 heterocycles. The summed E-state index contributed by atoms with van der Waals surface area (Å²) in [4.78, 5) is 11.5. The summed E-state index contributed by atoms with van der Waals surface area (Å²) in [6.07, 6.45) is 4.55. The third kappa shape index (κ3) is 3.94. The molecule has 98 valence electrons. The van der Waals surface area contributed by atoms with Crippen LogP contribution in [-0.2, 0) is 14.3 Å². The van der Waals surface area contributed by atoms with Crippen LogP contribution in [0.5, 0.6) is 0 Å². The molecule has 0 aromatic heterocycles. The highest BCUT2D eigenvalue weighted by Crippen LogP contribution is 2.23. The SMILES string of the molecule is NCC1(OCCC(=O)NC2CC2)CCCOC1. The molecule has 1 aliphatic carbocycles. The zero-order chi connectivity index (χ0) is 12.1. The lowest BCUT2D eigenvalue weighted by Crippen LogP contribution is -2.48. The highest BCUT2D eigenvalue weighted by molar-refractivity contribution is 5.76. The quantitative estimate of drug-likeness (QED) is 0.697. The molecule has 2 aliphatic rings. The lowest BCUT2D eigenvalue weighted by molar-refractivity contribution is -0.134. The average molecular weight is 242 g/mol. The molecule has 1 aliphatic heterocycles. The van der Waals surface area contributed by atoms with E-state index in [1.54, 1.807) is 0 Å². The van der Waals surface area contributed by atoms with Crippen molar-refractivity contribution in [2.75, 3.05) is 26.4 Å². The van der Waals surface area contributed by atoms with E-state index in [9.17, 15) is 4.79 Å². The fourth-order valence-electron chi connectivity index (χ4n) is 2.05. The van der Waals surface area contributed by atoms with E-state index in [2.05, 4.69) is 5.32 Å². The molecule has 0 spiro atoms. The number of nitrogens with two attached hydrogens (primary N) is 1. The normalized spacial score (nSPS) is 29.0. The van der Waals surface area contributed by atoms with Crippen molar-refractivity contribution < 1.29 is 14.3 Å². The maximum absolute atomic E-state index is 11.5. The Hall–Kier alpha value is -0.650. The van der Waals surface area contributed by atoms with E-state index >= 15 is 0 Å². The molecule has 0 aromatic rings. The second-order valence-corrected chi connectivity index (χ2v) is 4.98. The van der Waals surface area contributed by atoms with E-state index < -0.39 is 0 Å². The van der Waals surface area contributed by atoms with E-state index in [1.165, 1.54) is 0 Å². The van der Waals surface area contributed by atoms with Gasteiger partial charge in [0.1, 0.15) is 5.60 Å². The van der Waals surface area contributed by atoms with Gasteiger partial charge in [0.05, 0.1) is 13.2 Å². The predicted molar refractivity (Wildman–Crippen MR) is 63.6 cm³/mol. The molecule has 0 aromatic carbocycles. The van der Waals surface area contributed by atoms with Crippen LogP contribution in [0.15, 0.2) is 0 Å². The van der Waals surface area contributed by atoms with Gasteiger partial charge in [0.2, 0.25) is 5.91 Å². The molecule has 0 bridgehead atoms. The van der Waals surface area contributed by atoms with Crippen molar-refractivity contribution in [3.8, 4) is 0 Å². The zero-order valence-corrected chi connectivity index (χ0v) is 10.2. The molecule has 3 N–H and O–H groups in total. The summed E-state index contributed by atoms with van der Waals surface area (Å²) in [6, 6.07) is 0.420. The molecule has 1 saturated heterocycles. The third-order valence-corrected chi connectivity index (χ3v) is 3.34. The number of carbonyl (C=O) groups is 1. The molecule has 1 unspecified atom stereocenters. The Morgan fingerprint density at radius 2 is 2.35 bits per heavy atom. The van der Waals surface area contributed by atoms with Gasteiger partial charge < -0.3 is 20.5 Å². The fraction of sp³-hybridized carbons (Fsp3) is 0.917. The maximum Gasteiger partial charge on any atom is 0.222 e. The Morgan fingerprint density at radius 1 is 1.53 bits per heavy atom. The van der Waals surface area contributed by atoms with Crippen molar-refractivity contribution in [2.45, 2.75) is 43.7 Å². The molecule has 0 radical (unpaired) electrons. The first-order valence-corrected chi connectivity index (χ1v) is 6.45. The van der Waals surface area contributed by atoms with Crippen molar-refractivity contribution in [1.29, 1.82) is 0 Å². The maximum atomic E-state index is 11.5. The Balaban J connectivity index is 1.66. The summed E-state index contributed by atoms with van der Waals surface area (Å²) in [5.74, 6) is 0.0800. The van der Waals surface area contributed by atoms with Gasteiger partial charge in [0, 0.05) is 25.6 Å². The van der Waals surface area contributed by atoms with Gasteiger partial charge in [0.15, 0.2) is 0 Å². The number of hydrogen-bond donors (Lipinski definition) is 2. The van der Waals surface area contributed by atoms with E-state index in [0.717, 1.165) is 32.3 Å². The van der Waals surface area contributed by atoms with Crippen LogP contribution in [0.1, 0.15) is 32.1 Å². The van der Waals surface area contributed by atoms with Gasteiger partial charge in [-0.15, -0.1) is 0 Å². The second kappa shape index (κ2) is 5.80. The van der Waals surface area contributed by atoms with Crippen LogP contribution in [0.25, 0.3) is 0 Å². The monoisotopic (exact) mass is 242 g/mol. The average Bonchev–Trinajstić information content (AvgIpc) is 3.14. The zero-order valence-electron chi connectivity index (χ0n) is 10.2. The number of ether oxygens (including phenoxy) is 2. The number of rotatable bonds is 6. The van der Waals surface area contributed by atoms with Gasteiger partial charge in [-0.3, -0.25) is 4.79 Å². The Kier molecular flexibility index (Phi) is 4.36. The highest BCUT2D eigenvalue weighted by atomic mass is 16.5. The largest absolute Gasteiger partial charge is 0.378 e. The first kappa shape index (κ1) is 12.8. The van der Waals surface area contributed by atoms with E-state index in [1.807, 2.05) is 0 Å². The second-order valence-electron chi connectivity index (χ2n) is 4.98. The lowest BCUT2D eigenvalue weighted by Gasteiger charge is -2.35. The Bertz CT molecular complexity index is 260. The molecule has 1 atom stereocenters. The number of hydrogen-bond acceptors (Lipinski definition) is 4. The van der Waals surface area contributed by atoms with Crippen LogP contribution in [0.3, 0.4) is 0 Å². The van der Waals surface area contributed by atoms with Crippen LogP contribution < -0.4 is 11.1 Å².